The molecule has 0 amide bonds. The van der Waals surface area contributed by atoms with Gasteiger partial charge in [0.2, 0.25) is 0 Å². The van der Waals surface area contributed by atoms with Gasteiger partial charge in [0.05, 0.1) is 21.4 Å². The fourth-order valence-corrected chi connectivity index (χ4v) is 4.17. The number of fused-ring (bicyclic) bond motifs is 1. The number of aliphatic hydroxyl groups excluding tert-OH is 1. The van der Waals surface area contributed by atoms with E-state index in [-0.39, 0.29) is 16.4 Å². The Morgan fingerprint density at radius 2 is 1.75 bits per heavy atom. The molecule has 1 aliphatic rings. The van der Waals surface area contributed by atoms with E-state index in [1.807, 2.05) is 18.2 Å². The molecule has 1 heterocycles. The van der Waals surface area contributed by atoms with Gasteiger partial charge in [0.25, 0.3) is 0 Å². The van der Waals surface area contributed by atoms with Crippen LogP contribution in [0.2, 0.25) is 0 Å². The van der Waals surface area contributed by atoms with Crippen molar-refractivity contribution in [2.24, 2.45) is 0 Å². The first-order chi connectivity index (χ1) is 9.61. The zero-order valence-electron chi connectivity index (χ0n) is 10.3. The lowest BCUT2D eigenvalue weighted by Gasteiger charge is -2.07. The molecule has 0 fully saturated rings. The second-order valence-corrected chi connectivity index (χ2v) is 6.85. The van der Waals surface area contributed by atoms with Crippen LogP contribution in [0.15, 0.2) is 58.3 Å². The third-order valence-corrected chi connectivity index (χ3v) is 5.58. The third kappa shape index (κ3) is 2.01. The minimum atomic E-state index is -1.50. The average molecular weight is 395 g/mol. The van der Waals surface area contributed by atoms with Gasteiger partial charge in [-0.2, -0.15) is 0 Å². The molecule has 5 heteroatoms. The zero-order chi connectivity index (χ0) is 14.3. The van der Waals surface area contributed by atoms with Crippen LogP contribution >= 0.6 is 22.6 Å². The summed E-state index contributed by atoms with van der Waals surface area (Å²) in [7, 11) is -1.50. The molecular formula is C15H10INO2S. The largest absolute Gasteiger partial charge is 0.506 e. The summed E-state index contributed by atoms with van der Waals surface area (Å²) in [5.41, 5.74) is 1.34. The van der Waals surface area contributed by atoms with E-state index in [0.29, 0.717) is 16.0 Å². The number of benzene rings is 2. The summed E-state index contributed by atoms with van der Waals surface area (Å²) >= 11 is 2.13. The van der Waals surface area contributed by atoms with Gasteiger partial charge in [0.1, 0.15) is 10.7 Å². The average Bonchev–Trinajstić information content (AvgIpc) is 2.71. The standard InChI is InChI=1S/C15H10INO2S/c16-11-7-3-1-5-9(11)13(17)15-14(18)10-6-2-4-8-12(10)20(15)19/h1-8,17-18H. The highest BCUT2D eigenvalue weighted by atomic mass is 127. The lowest BCUT2D eigenvalue weighted by atomic mass is 10.1. The molecule has 1 unspecified atom stereocenters. The number of hydrogen-bond donors (Lipinski definition) is 2. The van der Waals surface area contributed by atoms with Crippen molar-refractivity contribution in [3.63, 3.8) is 0 Å². The highest BCUT2D eigenvalue weighted by Gasteiger charge is 2.31. The summed E-state index contributed by atoms with van der Waals surface area (Å²) in [5, 5.41) is 18.6. The van der Waals surface area contributed by atoms with Crippen molar-refractivity contribution in [2.45, 2.75) is 4.90 Å². The van der Waals surface area contributed by atoms with Gasteiger partial charge in [-0.3, -0.25) is 5.41 Å². The Morgan fingerprint density at radius 3 is 2.45 bits per heavy atom. The van der Waals surface area contributed by atoms with Crippen molar-refractivity contribution < 1.29 is 9.32 Å². The number of hydrogen-bond acceptors (Lipinski definition) is 3. The fraction of sp³-hybridized carbons (Fsp3) is 0. The summed E-state index contributed by atoms with van der Waals surface area (Å²) in [4.78, 5) is 0.756. The zero-order valence-corrected chi connectivity index (χ0v) is 13.2. The Morgan fingerprint density at radius 1 is 1.10 bits per heavy atom. The molecule has 20 heavy (non-hydrogen) atoms. The van der Waals surface area contributed by atoms with E-state index in [1.54, 1.807) is 30.3 Å². The summed E-state index contributed by atoms with van der Waals surface area (Å²) in [5.74, 6) is -0.0522. The quantitative estimate of drug-likeness (QED) is 0.602. The van der Waals surface area contributed by atoms with Crippen molar-refractivity contribution >= 4 is 44.9 Å². The van der Waals surface area contributed by atoms with Crippen LogP contribution in [-0.2, 0) is 10.8 Å². The minimum Gasteiger partial charge on any atom is -0.506 e. The molecule has 0 saturated carbocycles. The molecular weight excluding hydrogens is 385 g/mol. The molecule has 3 rings (SSSR count). The predicted molar refractivity (Wildman–Crippen MR) is 88.4 cm³/mol. The van der Waals surface area contributed by atoms with E-state index in [0.717, 1.165) is 3.57 Å². The van der Waals surface area contributed by atoms with Gasteiger partial charge >= 0.3 is 0 Å². The molecule has 0 radical (unpaired) electrons. The van der Waals surface area contributed by atoms with E-state index in [1.165, 1.54) is 0 Å². The van der Waals surface area contributed by atoms with Crippen molar-refractivity contribution in [1.29, 1.82) is 5.41 Å². The molecule has 2 aromatic carbocycles. The Kier molecular flexibility index (Phi) is 3.47. The molecule has 100 valence electrons. The molecule has 3 nitrogen and oxygen atoms in total. The van der Waals surface area contributed by atoms with Gasteiger partial charge in [-0.1, -0.05) is 30.3 Å². The molecule has 1 aliphatic heterocycles. The van der Waals surface area contributed by atoms with Gasteiger partial charge in [-0.05, 0) is 40.8 Å². The highest BCUT2D eigenvalue weighted by Crippen LogP contribution is 2.36. The van der Waals surface area contributed by atoms with Crippen molar-refractivity contribution in [3.05, 3.63) is 68.1 Å². The maximum absolute atomic E-state index is 12.5. The highest BCUT2D eigenvalue weighted by molar-refractivity contribution is 14.1. The van der Waals surface area contributed by atoms with Gasteiger partial charge in [-0.25, -0.2) is 4.21 Å². The van der Waals surface area contributed by atoms with Crippen LogP contribution in [0.25, 0.3) is 5.76 Å². The monoisotopic (exact) mass is 395 g/mol. The number of aliphatic hydroxyl groups is 1. The Bertz CT molecular complexity index is 783. The molecule has 0 bridgehead atoms. The van der Waals surface area contributed by atoms with Gasteiger partial charge in [0, 0.05) is 14.7 Å². The smallest absolute Gasteiger partial charge is 0.142 e. The van der Waals surface area contributed by atoms with E-state index in [9.17, 15) is 9.32 Å². The van der Waals surface area contributed by atoms with Crippen LogP contribution in [-0.4, -0.2) is 15.0 Å². The normalized spacial score (nSPS) is 17.1. The van der Waals surface area contributed by atoms with Crippen molar-refractivity contribution in [1.82, 2.24) is 0 Å². The van der Waals surface area contributed by atoms with Crippen LogP contribution in [0.3, 0.4) is 0 Å². The maximum Gasteiger partial charge on any atom is 0.142 e. The third-order valence-electron chi connectivity index (χ3n) is 3.11. The first kappa shape index (κ1) is 13.5. The van der Waals surface area contributed by atoms with Crippen LogP contribution in [0.5, 0.6) is 0 Å². The summed E-state index contributed by atoms with van der Waals surface area (Å²) in [6.07, 6.45) is 0. The van der Waals surface area contributed by atoms with Crippen LogP contribution in [0.1, 0.15) is 11.1 Å². The van der Waals surface area contributed by atoms with Gasteiger partial charge < -0.3 is 5.11 Å². The topological polar surface area (TPSA) is 61.1 Å². The summed E-state index contributed by atoms with van der Waals surface area (Å²) in [6, 6.07) is 14.4. The Balaban J connectivity index is 2.13. The molecule has 0 spiro atoms. The minimum absolute atomic E-state index is 0.0522. The lowest BCUT2D eigenvalue weighted by Crippen LogP contribution is -2.09. The van der Waals surface area contributed by atoms with Crippen molar-refractivity contribution in [2.75, 3.05) is 0 Å². The van der Waals surface area contributed by atoms with Crippen LogP contribution < -0.4 is 0 Å². The number of halogens is 1. The molecule has 0 saturated heterocycles. The second-order valence-electron chi connectivity index (χ2n) is 4.30. The molecule has 2 aromatic rings. The van der Waals surface area contributed by atoms with E-state index < -0.39 is 10.8 Å². The molecule has 2 N–H and O–H groups in total. The Hall–Kier alpha value is -1.47. The molecule has 0 aromatic heterocycles. The predicted octanol–water partition coefficient (Wildman–Crippen LogP) is 3.71. The lowest BCUT2D eigenvalue weighted by molar-refractivity contribution is 0.511. The SMILES string of the molecule is N=C(C1=C(O)c2ccccc2S1=O)c1ccccc1I. The summed E-state index contributed by atoms with van der Waals surface area (Å²) < 4.78 is 13.4. The maximum atomic E-state index is 12.5. The first-order valence-corrected chi connectivity index (χ1v) is 8.12. The number of allylic oxidation sites excluding steroid dienone is 1. The summed E-state index contributed by atoms with van der Waals surface area (Å²) in [6.45, 7) is 0. The molecule has 1 atom stereocenters. The van der Waals surface area contributed by atoms with Crippen LogP contribution in [0, 0.1) is 8.98 Å². The van der Waals surface area contributed by atoms with Crippen LogP contribution in [0.4, 0.5) is 0 Å². The molecule has 0 aliphatic carbocycles. The van der Waals surface area contributed by atoms with Crippen molar-refractivity contribution in [3.8, 4) is 0 Å². The van der Waals surface area contributed by atoms with E-state index in [2.05, 4.69) is 22.6 Å². The second kappa shape index (κ2) is 5.14. The van der Waals surface area contributed by atoms with Gasteiger partial charge in [0.15, 0.2) is 0 Å². The number of rotatable bonds is 2. The van der Waals surface area contributed by atoms with E-state index in [4.69, 9.17) is 5.41 Å². The van der Waals surface area contributed by atoms with E-state index >= 15 is 0 Å². The Labute approximate surface area is 132 Å². The first-order valence-electron chi connectivity index (χ1n) is 5.89. The number of nitrogens with one attached hydrogen (secondary N) is 1. The van der Waals surface area contributed by atoms with Gasteiger partial charge in [-0.15, -0.1) is 0 Å². The fourth-order valence-electron chi connectivity index (χ4n) is 2.14.